The molecule has 16 heavy (non-hydrogen) atoms. The Hall–Kier alpha value is -0.670. The predicted molar refractivity (Wildman–Crippen MR) is 68.0 cm³/mol. The molecule has 2 atom stereocenters. The first kappa shape index (κ1) is 11.8. The highest BCUT2D eigenvalue weighted by molar-refractivity contribution is 8.00. The summed E-state index contributed by atoms with van der Waals surface area (Å²) in [6.07, 6.45) is 0.840. The second kappa shape index (κ2) is 4.68. The molecule has 0 aliphatic carbocycles. The van der Waals surface area contributed by atoms with Crippen molar-refractivity contribution in [2.45, 2.75) is 31.1 Å². The standard InChI is InChI=1S/C13H18O2S/c1-3-15-12-6-4-11(5-7-12)13(14)8-9-16-10(13)2/h4-7,10,14H,3,8-9H2,1-2H3. The second-order valence-electron chi connectivity index (χ2n) is 4.14. The van der Waals surface area contributed by atoms with Gasteiger partial charge in [-0.1, -0.05) is 19.1 Å². The van der Waals surface area contributed by atoms with Crippen LogP contribution in [0, 0.1) is 0 Å². The number of rotatable bonds is 3. The molecule has 0 amide bonds. The first-order chi connectivity index (χ1) is 7.66. The van der Waals surface area contributed by atoms with E-state index < -0.39 is 5.60 Å². The summed E-state index contributed by atoms with van der Waals surface area (Å²) in [6, 6.07) is 7.83. The van der Waals surface area contributed by atoms with E-state index in [0.717, 1.165) is 23.5 Å². The average molecular weight is 238 g/mol. The summed E-state index contributed by atoms with van der Waals surface area (Å²) in [7, 11) is 0. The molecule has 0 bridgehead atoms. The molecule has 0 radical (unpaired) electrons. The molecule has 1 N–H and O–H groups in total. The van der Waals surface area contributed by atoms with Crippen molar-refractivity contribution in [3.63, 3.8) is 0 Å². The SMILES string of the molecule is CCOc1ccc(C2(O)CCSC2C)cc1. The quantitative estimate of drug-likeness (QED) is 0.878. The molecule has 0 saturated carbocycles. The number of benzene rings is 1. The highest BCUT2D eigenvalue weighted by Crippen LogP contribution is 2.43. The van der Waals surface area contributed by atoms with Crippen molar-refractivity contribution in [1.29, 1.82) is 0 Å². The first-order valence-corrected chi connectivity index (χ1v) is 6.79. The van der Waals surface area contributed by atoms with Gasteiger partial charge in [-0.25, -0.2) is 0 Å². The van der Waals surface area contributed by atoms with E-state index in [1.54, 1.807) is 0 Å². The fraction of sp³-hybridized carbons (Fsp3) is 0.538. The zero-order valence-electron chi connectivity index (χ0n) is 9.77. The van der Waals surface area contributed by atoms with Crippen molar-refractivity contribution < 1.29 is 9.84 Å². The van der Waals surface area contributed by atoms with E-state index in [4.69, 9.17) is 4.74 Å². The van der Waals surface area contributed by atoms with Gasteiger partial charge in [0, 0.05) is 5.25 Å². The van der Waals surface area contributed by atoms with E-state index in [0.29, 0.717) is 6.61 Å². The van der Waals surface area contributed by atoms with Crippen LogP contribution in [-0.2, 0) is 5.60 Å². The van der Waals surface area contributed by atoms with Gasteiger partial charge in [0.15, 0.2) is 0 Å². The maximum atomic E-state index is 10.6. The number of thioether (sulfide) groups is 1. The van der Waals surface area contributed by atoms with E-state index >= 15 is 0 Å². The zero-order valence-corrected chi connectivity index (χ0v) is 10.6. The van der Waals surface area contributed by atoms with Crippen molar-refractivity contribution in [3.8, 4) is 5.75 Å². The van der Waals surface area contributed by atoms with Crippen LogP contribution in [0.2, 0.25) is 0 Å². The van der Waals surface area contributed by atoms with E-state index in [1.165, 1.54) is 0 Å². The fourth-order valence-electron chi connectivity index (χ4n) is 2.12. The average Bonchev–Trinajstić information content (AvgIpc) is 2.62. The maximum absolute atomic E-state index is 10.6. The van der Waals surface area contributed by atoms with Gasteiger partial charge in [0.1, 0.15) is 11.4 Å². The summed E-state index contributed by atoms with van der Waals surface area (Å²) >= 11 is 1.83. The Balaban J connectivity index is 2.20. The van der Waals surface area contributed by atoms with Gasteiger partial charge in [-0.05, 0) is 36.8 Å². The van der Waals surface area contributed by atoms with Gasteiger partial charge in [0.25, 0.3) is 0 Å². The van der Waals surface area contributed by atoms with Crippen LogP contribution in [0.1, 0.15) is 25.8 Å². The number of ether oxygens (including phenoxy) is 1. The molecule has 1 saturated heterocycles. The van der Waals surface area contributed by atoms with Crippen LogP contribution in [0.15, 0.2) is 24.3 Å². The van der Waals surface area contributed by atoms with Crippen LogP contribution >= 0.6 is 11.8 Å². The van der Waals surface area contributed by atoms with Gasteiger partial charge in [0.05, 0.1) is 6.61 Å². The highest BCUT2D eigenvalue weighted by atomic mass is 32.2. The lowest BCUT2D eigenvalue weighted by molar-refractivity contribution is 0.0426. The molecule has 2 rings (SSSR count). The van der Waals surface area contributed by atoms with E-state index in [2.05, 4.69) is 6.92 Å². The van der Waals surface area contributed by atoms with Gasteiger partial charge in [-0.3, -0.25) is 0 Å². The second-order valence-corrected chi connectivity index (χ2v) is 5.59. The topological polar surface area (TPSA) is 29.5 Å². The number of hydrogen-bond donors (Lipinski definition) is 1. The smallest absolute Gasteiger partial charge is 0.119 e. The number of aliphatic hydroxyl groups is 1. The van der Waals surface area contributed by atoms with Crippen LogP contribution in [0.3, 0.4) is 0 Å². The lowest BCUT2D eigenvalue weighted by Crippen LogP contribution is -2.31. The van der Waals surface area contributed by atoms with Gasteiger partial charge in [0.2, 0.25) is 0 Å². The predicted octanol–water partition coefficient (Wildman–Crippen LogP) is 2.80. The summed E-state index contributed by atoms with van der Waals surface area (Å²) in [5.41, 5.74) is 0.350. The first-order valence-electron chi connectivity index (χ1n) is 5.74. The molecule has 0 spiro atoms. The molecule has 1 fully saturated rings. The van der Waals surface area contributed by atoms with E-state index in [1.807, 2.05) is 43.0 Å². The third kappa shape index (κ3) is 2.06. The van der Waals surface area contributed by atoms with Crippen LogP contribution in [0.4, 0.5) is 0 Å². The molecule has 0 aromatic heterocycles. The summed E-state index contributed by atoms with van der Waals surface area (Å²) in [4.78, 5) is 0. The lowest BCUT2D eigenvalue weighted by Gasteiger charge is -2.27. The van der Waals surface area contributed by atoms with Crippen molar-refractivity contribution >= 4 is 11.8 Å². The van der Waals surface area contributed by atoms with Gasteiger partial charge in [-0.2, -0.15) is 11.8 Å². The molecular weight excluding hydrogens is 220 g/mol. The minimum Gasteiger partial charge on any atom is -0.494 e. The third-order valence-electron chi connectivity index (χ3n) is 3.19. The Morgan fingerprint density at radius 3 is 2.62 bits per heavy atom. The Morgan fingerprint density at radius 2 is 2.12 bits per heavy atom. The molecule has 1 aromatic rings. The molecule has 2 unspecified atom stereocenters. The van der Waals surface area contributed by atoms with Crippen molar-refractivity contribution in [1.82, 2.24) is 0 Å². The molecule has 1 aliphatic heterocycles. The van der Waals surface area contributed by atoms with Crippen molar-refractivity contribution in [2.24, 2.45) is 0 Å². The molecule has 1 aliphatic rings. The highest BCUT2D eigenvalue weighted by Gasteiger charge is 2.40. The van der Waals surface area contributed by atoms with Crippen LogP contribution in [0.25, 0.3) is 0 Å². The summed E-state index contributed by atoms with van der Waals surface area (Å²) in [5.74, 6) is 1.90. The largest absolute Gasteiger partial charge is 0.494 e. The molecule has 1 aromatic carbocycles. The van der Waals surface area contributed by atoms with Gasteiger partial charge < -0.3 is 9.84 Å². The minimum atomic E-state index is -0.657. The Morgan fingerprint density at radius 1 is 1.44 bits per heavy atom. The van der Waals surface area contributed by atoms with E-state index in [9.17, 15) is 5.11 Å². The monoisotopic (exact) mass is 238 g/mol. The normalized spacial score (nSPS) is 29.3. The molecule has 3 heteroatoms. The Kier molecular flexibility index (Phi) is 3.45. The Bertz CT molecular complexity index is 349. The summed E-state index contributed by atoms with van der Waals surface area (Å²) in [5, 5.41) is 10.9. The maximum Gasteiger partial charge on any atom is 0.119 e. The summed E-state index contributed by atoms with van der Waals surface area (Å²) < 4.78 is 5.40. The van der Waals surface area contributed by atoms with E-state index in [-0.39, 0.29) is 5.25 Å². The zero-order chi connectivity index (χ0) is 11.6. The molecule has 1 heterocycles. The van der Waals surface area contributed by atoms with Gasteiger partial charge in [-0.15, -0.1) is 0 Å². The molecular formula is C13H18O2S. The van der Waals surface area contributed by atoms with Gasteiger partial charge >= 0.3 is 0 Å². The summed E-state index contributed by atoms with van der Waals surface area (Å²) in [6.45, 7) is 4.74. The van der Waals surface area contributed by atoms with Crippen molar-refractivity contribution in [3.05, 3.63) is 29.8 Å². The van der Waals surface area contributed by atoms with Crippen LogP contribution in [0.5, 0.6) is 5.75 Å². The number of hydrogen-bond acceptors (Lipinski definition) is 3. The lowest BCUT2D eigenvalue weighted by atomic mass is 9.88. The Labute approximate surface area is 101 Å². The minimum absolute atomic E-state index is 0.269. The third-order valence-corrected chi connectivity index (χ3v) is 4.52. The van der Waals surface area contributed by atoms with Crippen molar-refractivity contribution in [2.75, 3.05) is 12.4 Å². The fourth-order valence-corrected chi connectivity index (χ4v) is 3.43. The van der Waals surface area contributed by atoms with Crippen LogP contribution < -0.4 is 4.74 Å². The van der Waals surface area contributed by atoms with Crippen LogP contribution in [-0.4, -0.2) is 22.7 Å². The molecule has 88 valence electrons. The molecule has 2 nitrogen and oxygen atoms in total.